The van der Waals surface area contributed by atoms with Crippen LogP contribution in [0.15, 0.2) is 0 Å². The van der Waals surface area contributed by atoms with E-state index in [1.807, 2.05) is 0 Å². The van der Waals surface area contributed by atoms with Gasteiger partial charge in [-0.25, -0.2) is 8.78 Å². The van der Waals surface area contributed by atoms with Gasteiger partial charge in [-0.2, -0.15) is 5.26 Å². The quantitative estimate of drug-likeness (QED) is 0.674. The van der Waals surface area contributed by atoms with Crippen LogP contribution in [0.1, 0.15) is 12.8 Å². The maximum Gasteiger partial charge on any atom is 0.240 e. The van der Waals surface area contributed by atoms with Gasteiger partial charge in [-0.05, 0) is 6.42 Å². The first kappa shape index (κ1) is 14.3. The highest BCUT2D eigenvalue weighted by Crippen LogP contribution is 2.24. The summed E-state index contributed by atoms with van der Waals surface area (Å²) in [6.07, 6.45) is -4.03. The zero-order valence-corrected chi connectivity index (χ0v) is 9.55. The molecule has 0 aromatic heterocycles. The van der Waals surface area contributed by atoms with Crippen LogP contribution in [0.4, 0.5) is 8.78 Å². The Morgan fingerprint density at radius 2 is 2.11 bits per heavy atom. The molecule has 6 nitrogen and oxygen atoms in total. The van der Waals surface area contributed by atoms with Gasteiger partial charge in [0.25, 0.3) is 0 Å². The van der Waals surface area contributed by atoms with Crippen molar-refractivity contribution >= 4 is 11.8 Å². The number of hydrogen-bond acceptors (Lipinski definition) is 4. The first-order valence-electron chi connectivity index (χ1n) is 5.40. The lowest BCUT2D eigenvalue weighted by Gasteiger charge is -2.22. The van der Waals surface area contributed by atoms with E-state index in [4.69, 9.17) is 16.7 Å². The van der Waals surface area contributed by atoms with Crippen molar-refractivity contribution in [3.05, 3.63) is 0 Å². The molecule has 4 atom stereocenters. The fourth-order valence-corrected chi connectivity index (χ4v) is 1.77. The second-order valence-corrected chi connectivity index (χ2v) is 4.14. The molecule has 18 heavy (non-hydrogen) atoms. The van der Waals surface area contributed by atoms with Crippen LogP contribution in [-0.4, -0.2) is 47.7 Å². The van der Waals surface area contributed by atoms with Gasteiger partial charge in [0.1, 0.15) is 0 Å². The van der Waals surface area contributed by atoms with Crippen LogP contribution in [0.5, 0.6) is 0 Å². The molecule has 0 aromatic rings. The van der Waals surface area contributed by atoms with Crippen molar-refractivity contribution in [1.82, 2.24) is 4.90 Å². The molecule has 0 aromatic carbocycles. The van der Waals surface area contributed by atoms with Crippen molar-refractivity contribution in [3.8, 4) is 6.07 Å². The maximum atomic E-state index is 13.3. The minimum Gasteiger partial charge on any atom is -0.370 e. The van der Waals surface area contributed by atoms with Gasteiger partial charge in [0.2, 0.25) is 11.8 Å². The number of nitrogens with two attached hydrogens (primary N) is 2. The van der Waals surface area contributed by atoms with Crippen LogP contribution in [0, 0.1) is 11.3 Å². The Hall–Kier alpha value is -1.75. The highest BCUT2D eigenvalue weighted by atomic mass is 19.2. The molecule has 0 unspecified atom stereocenters. The highest BCUT2D eigenvalue weighted by molar-refractivity contribution is 5.83. The molecule has 1 rings (SSSR count). The molecular weight excluding hydrogens is 246 g/mol. The van der Waals surface area contributed by atoms with Crippen LogP contribution in [0.2, 0.25) is 0 Å². The number of hydrogen-bond donors (Lipinski definition) is 2. The van der Waals surface area contributed by atoms with Crippen LogP contribution in [0.25, 0.3) is 0 Å². The first-order valence-corrected chi connectivity index (χ1v) is 5.40. The summed E-state index contributed by atoms with van der Waals surface area (Å²) < 4.78 is 26.4. The Balaban J connectivity index is 2.66. The molecule has 4 N–H and O–H groups in total. The number of halogens is 2. The molecular formula is C10H14F2N4O2. The number of carbonyl (C=O) groups excluding carboxylic acids is 2. The lowest BCUT2D eigenvalue weighted by molar-refractivity contribution is -0.133. The number of nitriles is 1. The summed E-state index contributed by atoms with van der Waals surface area (Å²) in [5, 5.41) is 8.71. The summed E-state index contributed by atoms with van der Waals surface area (Å²) in [5.74, 6) is -1.37. The van der Waals surface area contributed by atoms with Gasteiger partial charge in [-0.1, -0.05) is 0 Å². The molecule has 100 valence electrons. The summed E-state index contributed by atoms with van der Waals surface area (Å²) in [6, 6.07) is -1.02. The molecule has 0 radical (unpaired) electrons. The smallest absolute Gasteiger partial charge is 0.240 e. The lowest BCUT2D eigenvalue weighted by Crippen LogP contribution is -2.47. The van der Waals surface area contributed by atoms with E-state index in [0.29, 0.717) is 0 Å². The van der Waals surface area contributed by atoms with Crippen LogP contribution < -0.4 is 11.5 Å². The molecule has 0 saturated carbocycles. The summed E-state index contributed by atoms with van der Waals surface area (Å²) >= 11 is 0. The van der Waals surface area contributed by atoms with Gasteiger partial charge in [-0.15, -0.1) is 0 Å². The second kappa shape index (κ2) is 5.73. The molecule has 1 heterocycles. The molecule has 2 amide bonds. The second-order valence-electron chi connectivity index (χ2n) is 4.14. The Labute approximate surface area is 103 Å². The van der Waals surface area contributed by atoms with Crippen molar-refractivity contribution in [2.75, 3.05) is 6.54 Å². The van der Waals surface area contributed by atoms with Gasteiger partial charge in [-0.3, -0.25) is 9.59 Å². The molecule has 1 aliphatic rings. The minimum absolute atomic E-state index is 0.0171. The fourth-order valence-electron chi connectivity index (χ4n) is 1.77. The first-order chi connectivity index (χ1) is 8.38. The minimum atomic E-state index is -2.03. The van der Waals surface area contributed by atoms with Gasteiger partial charge in [0.15, 0.2) is 18.4 Å². The van der Waals surface area contributed by atoms with E-state index in [1.54, 1.807) is 0 Å². The lowest BCUT2D eigenvalue weighted by atomic mass is 10.1. The third kappa shape index (κ3) is 2.92. The normalized spacial score (nSPS) is 28.8. The molecule has 0 spiro atoms. The van der Waals surface area contributed by atoms with E-state index in [2.05, 4.69) is 0 Å². The number of amides is 2. The largest absolute Gasteiger partial charge is 0.370 e. The van der Waals surface area contributed by atoms with E-state index in [-0.39, 0.29) is 12.8 Å². The summed E-state index contributed by atoms with van der Waals surface area (Å²) in [6.45, 7) is -0.498. The number of rotatable bonds is 4. The fraction of sp³-hybridized carbons (Fsp3) is 0.700. The number of alkyl halides is 2. The molecule has 8 heteroatoms. The van der Waals surface area contributed by atoms with E-state index in [9.17, 15) is 18.4 Å². The molecule has 1 aliphatic heterocycles. The van der Waals surface area contributed by atoms with Crippen molar-refractivity contribution < 1.29 is 18.4 Å². The monoisotopic (exact) mass is 260 g/mol. The Bertz CT molecular complexity index is 385. The van der Waals surface area contributed by atoms with Crippen molar-refractivity contribution in [2.24, 2.45) is 11.5 Å². The predicted molar refractivity (Wildman–Crippen MR) is 57.3 cm³/mol. The highest BCUT2D eigenvalue weighted by Gasteiger charge is 2.46. The predicted octanol–water partition coefficient (Wildman–Crippen LogP) is -1.01. The molecule has 1 saturated heterocycles. The topological polar surface area (TPSA) is 113 Å². The van der Waals surface area contributed by atoms with Gasteiger partial charge >= 0.3 is 0 Å². The van der Waals surface area contributed by atoms with Gasteiger partial charge < -0.3 is 16.4 Å². The van der Waals surface area contributed by atoms with Crippen LogP contribution in [-0.2, 0) is 9.59 Å². The average molecular weight is 260 g/mol. The SMILES string of the molecule is N#C[C@H]1[C@H](F)[C@H](F)CN1C(=O)[C@@H](N)CCC(N)=O. The number of likely N-dealkylation sites (tertiary alicyclic amines) is 1. The zero-order valence-electron chi connectivity index (χ0n) is 9.55. The standard InChI is InChI=1S/C10H14F2N4O2/c11-5-4-16(7(3-13)9(5)12)10(18)6(14)1-2-8(15)17/h5-7,9H,1-2,4,14H2,(H2,15,17)/t5-,6+,7+,9-/m1/s1. The Morgan fingerprint density at radius 1 is 1.50 bits per heavy atom. The summed E-state index contributed by atoms with van der Waals surface area (Å²) in [7, 11) is 0. The number of nitrogens with zero attached hydrogens (tertiary/aromatic N) is 2. The average Bonchev–Trinajstić information content (AvgIpc) is 2.61. The third-order valence-electron chi connectivity index (χ3n) is 2.79. The Morgan fingerprint density at radius 3 is 2.61 bits per heavy atom. The van der Waals surface area contributed by atoms with Crippen molar-refractivity contribution in [3.63, 3.8) is 0 Å². The zero-order chi connectivity index (χ0) is 13.9. The van der Waals surface area contributed by atoms with Crippen molar-refractivity contribution in [2.45, 2.75) is 37.3 Å². The Kier molecular flexibility index (Phi) is 4.55. The van der Waals surface area contributed by atoms with E-state index in [0.717, 1.165) is 4.90 Å². The van der Waals surface area contributed by atoms with E-state index < -0.39 is 42.8 Å². The van der Waals surface area contributed by atoms with Crippen LogP contribution >= 0.6 is 0 Å². The molecule has 0 bridgehead atoms. The molecule has 1 fully saturated rings. The maximum absolute atomic E-state index is 13.3. The van der Waals surface area contributed by atoms with Gasteiger partial charge in [0, 0.05) is 6.42 Å². The van der Waals surface area contributed by atoms with Crippen LogP contribution in [0.3, 0.4) is 0 Å². The summed E-state index contributed by atoms with van der Waals surface area (Å²) in [5.41, 5.74) is 10.4. The third-order valence-corrected chi connectivity index (χ3v) is 2.79. The van der Waals surface area contributed by atoms with E-state index >= 15 is 0 Å². The van der Waals surface area contributed by atoms with Crippen molar-refractivity contribution in [1.29, 1.82) is 5.26 Å². The number of primary amides is 1. The number of carbonyl (C=O) groups is 2. The van der Waals surface area contributed by atoms with Gasteiger partial charge in [0.05, 0.1) is 18.7 Å². The van der Waals surface area contributed by atoms with E-state index in [1.165, 1.54) is 6.07 Å². The molecule has 0 aliphatic carbocycles. The summed E-state index contributed by atoms with van der Waals surface area (Å²) in [4.78, 5) is 23.1.